The fourth-order valence-electron chi connectivity index (χ4n) is 2.40. The first-order chi connectivity index (χ1) is 9.11. The Balaban J connectivity index is 1.98. The summed E-state index contributed by atoms with van der Waals surface area (Å²) in [7, 11) is 0. The molecular weight excluding hydrogens is 260 g/mol. The molecule has 0 aromatic heterocycles. The van der Waals surface area contributed by atoms with Crippen LogP contribution in [0, 0.1) is 0 Å². The van der Waals surface area contributed by atoms with Crippen molar-refractivity contribution in [3.05, 3.63) is 34.9 Å². The normalized spacial score (nSPS) is 15.9. The van der Waals surface area contributed by atoms with Crippen LogP contribution in [0.5, 0.6) is 0 Å². The zero-order valence-electron chi connectivity index (χ0n) is 11.6. The highest BCUT2D eigenvalue weighted by Gasteiger charge is 2.44. The number of carbonyl (C=O) groups excluding carboxylic acids is 1. The summed E-state index contributed by atoms with van der Waals surface area (Å²) in [6.07, 6.45) is 2.23. The quantitative estimate of drug-likeness (QED) is 0.881. The Bertz CT molecular complexity index is 453. The molecule has 0 unspecified atom stereocenters. The third-order valence-corrected chi connectivity index (χ3v) is 4.15. The highest BCUT2D eigenvalue weighted by Crippen LogP contribution is 2.48. The van der Waals surface area contributed by atoms with Crippen molar-refractivity contribution < 1.29 is 4.79 Å². The molecule has 1 aliphatic carbocycles. The molecule has 0 heterocycles. The van der Waals surface area contributed by atoms with Gasteiger partial charge in [-0.25, -0.2) is 4.79 Å². The molecule has 2 rings (SSSR count). The third-order valence-electron chi connectivity index (χ3n) is 3.92. The van der Waals surface area contributed by atoms with Gasteiger partial charge in [-0.1, -0.05) is 23.7 Å². The smallest absolute Gasteiger partial charge is 0.317 e. The first-order valence-electron chi connectivity index (χ1n) is 6.90. The minimum Gasteiger partial charge on any atom is -0.337 e. The topological polar surface area (TPSA) is 32.3 Å². The molecule has 2 amide bonds. The van der Waals surface area contributed by atoms with E-state index < -0.39 is 0 Å². The van der Waals surface area contributed by atoms with Crippen molar-refractivity contribution in [2.24, 2.45) is 0 Å². The number of urea groups is 1. The van der Waals surface area contributed by atoms with E-state index in [1.165, 1.54) is 5.56 Å². The molecule has 0 spiro atoms. The van der Waals surface area contributed by atoms with Crippen molar-refractivity contribution in [3.63, 3.8) is 0 Å². The van der Waals surface area contributed by atoms with E-state index in [-0.39, 0.29) is 11.4 Å². The summed E-state index contributed by atoms with van der Waals surface area (Å²) < 4.78 is 0. The average molecular weight is 281 g/mol. The number of amides is 2. The van der Waals surface area contributed by atoms with Gasteiger partial charge < -0.3 is 10.2 Å². The highest BCUT2D eigenvalue weighted by molar-refractivity contribution is 6.30. The van der Waals surface area contributed by atoms with E-state index in [9.17, 15) is 4.79 Å². The van der Waals surface area contributed by atoms with E-state index in [1.807, 2.05) is 32.0 Å². The summed E-state index contributed by atoms with van der Waals surface area (Å²) in [6, 6.07) is 8.00. The average Bonchev–Trinajstić information content (AvgIpc) is 3.19. The molecule has 19 heavy (non-hydrogen) atoms. The minimum atomic E-state index is 0.0262. The van der Waals surface area contributed by atoms with E-state index in [1.54, 1.807) is 4.90 Å². The van der Waals surface area contributed by atoms with Gasteiger partial charge in [0.1, 0.15) is 0 Å². The van der Waals surface area contributed by atoms with Gasteiger partial charge in [-0.2, -0.15) is 0 Å². The number of halogens is 1. The molecule has 1 N–H and O–H groups in total. The van der Waals surface area contributed by atoms with Gasteiger partial charge in [-0.15, -0.1) is 0 Å². The summed E-state index contributed by atoms with van der Waals surface area (Å²) in [5.41, 5.74) is 1.34. The van der Waals surface area contributed by atoms with Crippen LogP contribution in [0.25, 0.3) is 0 Å². The third kappa shape index (κ3) is 3.21. The molecule has 4 heteroatoms. The second-order valence-corrected chi connectivity index (χ2v) is 5.56. The SMILES string of the molecule is CCN(CC)C(=O)NCC1(c2cccc(Cl)c2)CC1. The van der Waals surface area contributed by atoms with Gasteiger partial charge in [0, 0.05) is 30.1 Å². The lowest BCUT2D eigenvalue weighted by atomic mass is 9.96. The largest absolute Gasteiger partial charge is 0.337 e. The lowest BCUT2D eigenvalue weighted by Gasteiger charge is -2.22. The van der Waals surface area contributed by atoms with Crippen molar-refractivity contribution in [1.29, 1.82) is 0 Å². The number of benzene rings is 1. The van der Waals surface area contributed by atoms with E-state index >= 15 is 0 Å². The van der Waals surface area contributed by atoms with Crippen LogP contribution in [-0.2, 0) is 5.41 Å². The summed E-state index contributed by atoms with van der Waals surface area (Å²) in [5, 5.41) is 3.81. The van der Waals surface area contributed by atoms with Crippen LogP contribution in [0.2, 0.25) is 5.02 Å². The second-order valence-electron chi connectivity index (χ2n) is 5.12. The van der Waals surface area contributed by atoms with Crippen molar-refractivity contribution in [1.82, 2.24) is 10.2 Å². The zero-order valence-corrected chi connectivity index (χ0v) is 12.3. The lowest BCUT2D eigenvalue weighted by molar-refractivity contribution is 0.202. The van der Waals surface area contributed by atoms with Gasteiger partial charge in [-0.3, -0.25) is 0 Å². The van der Waals surface area contributed by atoms with Crippen molar-refractivity contribution >= 4 is 17.6 Å². The molecule has 0 radical (unpaired) electrons. The molecule has 104 valence electrons. The Kier molecular flexibility index (Phi) is 4.35. The second kappa shape index (κ2) is 5.83. The first kappa shape index (κ1) is 14.2. The summed E-state index contributed by atoms with van der Waals surface area (Å²) >= 11 is 6.04. The van der Waals surface area contributed by atoms with Crippen LogP contribution in [0.1, 0.15) is 32.3 Å². The maximum Gasteiger partial charge on any atom is 0.317 e. The van der Waals surface area contributed by atoms with E-state index in [0.717, 1.165) is 31.0 Å². The molecule has 1 aromatic carbocycles. The number of carbonyl (C=O) groups is 1. The first-order valence-corrected chi connectivity index (χ1v) is 7.28. The fraction of sp³-hybridized carbons (Fsp3) is 0.533. The predicted molar refractivity (Wildman–Crippen MR) is 78.7 cm³/mol. The van der Waals surface area contributed by atoms with Crippen LogP contribution < -0.4 is 5.32 Å². The zero-order chi connectivity index (χ0) is 13.9. The van der Waals surface area contributed by atoms with E-state index in [4.69, 9.17) is 11.6 Å². The molecule has 0 bridgehead atoms. The van der Waals surface area contributed by atoms with Gasteiger partial charge in [0.15, 0.2) is 0 Å². The Hall–Kier alpha value is -1.22. The molecular formula is C15H21ClN2O. The van der Waals surface area contributed by atoms with Crippen LogP contribution in [0.4, 0.5) is 4.79 Å². The summed E-state index contributed by atoms with van der Waals surface area (Å²) in [6.45, 7) is 6.17. The molecule has 0 saturated heterocycles. The molecule has 1 aromatic rings. The Morgan fingerprint density at radius 3 is 2.58 bits per heavy atom. The van der Waals surface area contributed by atoms with Gasteiger partial charge in [0.25, 0.3) is 0 Å². The molecule has 0 atom stereocenters. The van der Waals surface area contributed by atoms with Crippen molar-refractivity contribution in [2.75, 3.05) is 19.6 Å². The standard InChI is InChI=1S/C15H21ClN2O/c1-3-18(4-2)14(19)17-11-15(8-9-15)12-6-5-7-13(16)10-12/h5-7,10H,3-4,8-9,11H2,1-2H3,(H,17,19). The summed E-state index contributed by atoms with van der Waals surface area (Å²) in [4.78, 5) is 13.8. The van der Waals surface area contributed by atoms with Gasteiger partial charge >= 0.3 is 6.03 Å². The Morgan fingerprint density at radius 2 is 2.05 bits per heavy atom. The van der Waals surface area contributed by atoms with Crippen LogP contribution >= 0.6 is 11.6 Å². The molecule has 1 fully saturated rings. The number of rotatable bonds is 5. The summed E-state index contributed by atoms with van der Waals surface area (Å²) in [5.74, 6) is 0. The highest BCUT2D eigenvalue weighted by atomic mass is 35.5. The lowest BCUT2D eigenvalue weighted by Crippen LogP contribution is -2.42. The van der Waals surface area contributed by atoms with Crippen LogP contribution in [-0.4, -0.2) is 30.6 Å². The van der Waals surface area contributed by atoms with E-state index in [2.05, 4.69) is 11.4 Å². The molecule has 1 saturated carbocycles. The number of hydrogen-bond acceptors (Lipinski definition) is 1. The van der Waals surface area contributed by atoms with Crippen molar-refractivity contribution in [2.45, 2.75) is 32.1 Å². The predicted octanol–water partition coefficient (Wildman–Crippen LogP) is 3.42. The number of hydrogen-bond donors (Lipinski definition) is 1. The maximum atomic E-state index is 12.0. The molecule has 3 nitrogen and oxygen atoms in total. The molecule has 1 aliphatic rings. The Labute approximate surface area is 119 Å². The van der Waals surface area contributed by atoms with Crippen LogP contribution in [0.3, 0.4) is 0 Å². The number of nitrogens with zero attached hydrogens (tertiary/aromatic N) is 1. The van der Waals surface area contributed by atoms with Crippen molar-refractivity contribution in [3.8, 4) is 0 Å². The van der Waals surface area contributed by atoms with Gasteiger partial charge in [-0.05, 0) is 44.4 Å². The van der Waals surface area contributed by atoms with Crippen LogP contribution in [0.15, 0.2) is 24.3 Å². The van der Waals surface area contributed by atoms with Gasteiger partial charge in [0.05, 0.1) is 0 Å². The molecule has 0 aliphatic heterocycles. The van der Waals surface area contributed by atoms with Gasteiger partial charge in [0.2, 0.25) is 0 Å². The Morgan fingerprint density at radius 1 is 1.37 bits per heavy atom. The monoisotopic (exact) mass is 280 g/mol. The van der Waals surface area contributed by atoms with E-state index in [0.29, 0.717) is 6.54 Å². The fourth-order valence-corrected chi connectivity index (χ4v) is 2.59. The maximum absolute atomic E-state index is 12.0. The number of nitrogens with one attached hydrogen (secondary N) is 1. The minimum absolute atomic E-state index is 0.0262.